The van der Waals surface area contributed by atoms with Crippen molar-refractivity contribution in [3.05, 3.63) is 29.8 Å². The number of rotatable bonds is 7. The number of aryl methyl sites for hydroxylation is 1. The van der Waals surface area contributed by atoms with Crippen LogP contribution in [-0.4, -0.2) is 12.2 Å². The maximum atomic E-state index is 10.5. The van der Waals surface area contributed by atoms with Gasteiger partial charge >= 0.3 is 0 Å². The molecule has 0 heterocycles. The van der Waals surface area contributed by atoms with Gasteiger partial charge in [0, 0.05) is 6.42 Å². The van der Waals surface area contributed by atoms with E-state index in [1.807, 2.05) is 24.3 Å². The highest BCUT2D eigenvalue weighted by Gasteiger charge is 1.96. The van der Waals surface area contributed by atoms with Crippen molar-refractivity contribution in [2.24, 2.45) is 16.6 Å². The standard InChI is InChI=1S/C12H18N4O/c13-12(17)4-2-1-3-10-5-7-11(8-6-10)15-9-16-14/h5-9H,1-4,14H2,(H2,13,17)(H,15,16). The first-order valence-electron chi connectivity index (χ1n) is 5.58. The van der Waals surface area contributed by atoms with E-state index in [4.69, 9.17) is 11.6 Å². The largest absolute Gasteiger partial charge is 0.370 e. The number of hydrogen-bond donors (Lipinski definition) is 3. The van der Waals surface area contributed by atoms with Crippen LogP contribution in [0.5, 0.6) is 0 Å². The van der Waals surface area contributed by atoms with Gasteiger partial charge in [0.05, 0.1) is 5.69 Å². The van der Waals surface area contributed by atoms with Gasteiger partial charge in [0.2, 0.25) is 5.91 Å². The molecule has 1 rings (SSSR count). The maximum Gasteiger partial charge on any atom is 0.217 e. The molecule has 0 bridgehead atoms. The Kier molecular flexibility index (Phi) is 5.74. The van der Waals surface area contributed by atoms with Gasteiger partial charge in [-0.1, -0.05) is 12.1 Å². The summed E-state index contributed by atoms with van der Waals surface area (Å²) in [6.07, 6.45) is 4.65. The highest BCUT2D eigenvalue weighted by atomic mass is 16.1. The fourth-order valence-corrected chi connectivity index (χ4v) is 1.49. The first-order chi connectivity index (χ1) is 8.22. The molecular weight excluding hydrogens is 216 g/mol. The van der Waals surface area contributed by atoms with Crippen molar-refractivity contribution in [1.82, 2.24) is 5.43 Å². The van der Waals surface area contributed by atoms with Crippen LogP contribution < -0.4 is 17.0 Å². The summed E-state index contributed by atoms with van der Waals surface area (Å²) in [7, 11) is 0. The first kappa shape index (κ1) is 13.2. The minimum absolute atomic E-state index is 0.232. The molecule has 1 aromatic rings. The molecule has 0 saturated heterocycles. The Bertz CT molecular complexity index is 373. The zero-order chi connectivity index (χ0) is 12.5. The van der Waals surface area contributed by atoms with Gasteiger partial charge in [-0.2, -0.15) is 0 Å². The van der Waals surface area contributed by atoms with Gasteiger partial charge in [-0.25, -0.2) is 10.8 Å². The van der Waals surface area contributed by atoms with Crippen LogP contribution in [0.15, 0.2) is 29.3 Å². The van der Waals surface area contributed by atoms with E-state index in [1.165, 1.54) is 11.9 Å². The van der Waals surface area contributed by atoms with E-state index in [2.05, 4.69) is 10.4 Å². The van der Waals surface area contributed by atoms with Gasteiger partial charge in [0.1, 0.15) is 6.34 Å². The molecule has 0 unspecified atom stereocenters. The number of nitrogens with one attached hydrogen (secondary N) is 1. The van der Waals surface area contributed by atoms with Crippen molar-refractivity contribution in [3.63, 3.8) is 0 Å². The van der Waals surface area contributed by atoms with Gasteiger partial charge in [-0.3, -0.25) is 4.79 Å². The molecule has 92 valence electrons. The molecule has 1 aromatic carbocycles. The number of hydrazine groups is 1. The molecule has 0 radical (unpaired) electrons. The molecule has 5 N–H and O–H groups in total. The Labute approximate surface area is 101 Å². The Morgan fingerprint density at radius 3 is 2.59 bits per heavy atom. The number of nitrogens with two attached hydrogens (primary N) is 2. The predicted molar refractivity (Wildman–Crippen MR) is 68.7 cm³/mol. The number of carbonyl (C=O) groups is 1. The van der Waals surface area contributed by atoms with Gasteiger partial charge in [0.25, 0.3) is 0 Å². The normalized spacial score (nSPS) is 10.6. The molecule has 17 heavy (non-hydrogen) atoms. The second-order valence-corrected chi connectivity index (χ2v) is 3.76. The number of nitrogens with zero attached hydrogens (tertiary/aromatic N) is 1. The molecule has 0 fully saturated rings. The van der Waals surface area contributed by atoms with E-state index in [9.17, 15) is 4.79 Å². The minimum atomic E-state index is -0.232. The lowest BCUT2D eigenvalue weighted by Gasteiger charge is -2.01. The summed E-state index contributed by atoms with van der Waals surface area (Å²) in [5.74, 6) is 4.84. The van der Waals surface area contributed by atoms with Crippen LogP contribution >= 0.6 is 0 Å². The van der Waals surface area contributed by atoms with E-state index in [0.717, 1.165) is 24.9 Å². The molecule has 5 heteroatoms. The van der Waals surface area contributed by atoms with Crippen LogP contribution in [0.3, 0.4) is 0 Å². The molecule has 0 aliphatic carbocycles. The molecular formula is C12H18N4O. The van der Waals surface area contributed by atoms with Crippen LogP contribution in [0.4, 0.5) is 5.69 Å². The average molecular weight is 234 g/mol. The van der Waals surface area contributed by atoms with Crippen molar-refractivity contribution in [1.29, 1.82) is 0 Å². The van der Waals surface area contributed by atoms with Crippen molar-refractivity contribution < 1.29 is 4.79 Å². The lowest BCUT2D eigenvalue weighted by Crippen LogP contribution is -2.18. The zero-order valence-corrected chi connectivity index (χ0v) is 9.73. The topological polar surface area (TPSA) is 93.5 Å². The quantitative estimate of drug-likeness (QED) is 0.216. The summed E-state index contributed by atoms with van der Waals surface area (Å²) < 4.78 is 0. The first-order valence-corrected chi connectivity index (χ1v) is 5.58. The second-order valence-electron chi connectivity index (χ2n) is 3.76. The highest BCUT2D eigenvalue weighted by molar-refractivity contribution is 5.73. The molecule has 1 amide bonds. The Balaban J connectivity index is 2.35. The zero-order valence-electron chi connectivity index (χ0n) is 9.73. The summed E-state index contributed by atoms with van der Waals surface area (Å²) in [4.78, 5) is 14.6. The summed E-state index contributed by atoms with van der Waals surface area (Å²) >= 11 is 0. The highest BCUT2D eigenvalue weighted by Crippen LogP contribution is 2.14. The Morgan fingerprint density at radius 2 is 2.00 bits per heavy atom. The molecule has 0 spiro atoms. The Morgan fingerprint density at radius 1 is 1.29 bits per heavy atom. The number of hydrogen-bond acceptors (Lipinski definition) is 3. The smallest absolute Gasteiger partial charge is 0.217 e. The van der Waals surface area contributed by atoms with Crippen LogP contribution in [-0.2, 0) is 11.2 Å². The van der Waals surface area contributed by atoms with Crippen molar-refractivity contribution in [2.75, 3.05) is 0 Å². The van der Waals surface area contributed by atoms with Gasteiger partial charge in [-0.05, 0) is 37.0 Å². The third-order valence-electron chi connectivity index (χ3n) is 2.36. The van der Waals surface area contributed by atoms with E-state index < -0.39 is 0 Å². The predicted octanol–water partition coefficient (Wildman–Crippen LogP) is 1.01. The third-order valence-corrected chi connectivity index (χ3v) is 2.36. The molecule has 0 atom stereocenters. The SMILES string of the molecule is NNC=Nc1ccc(CCCCC(N)=O)cc1. The molecule has 0 saturated carbocycles. The molecule has 0 aromatic heterocycles. The lowest BCUT2D eigenvalue weighted by molar-refractivity contribution is -0.118. The summed E-state index contributed by atoms with van der Waals surface area (Å²) in [5.41, 5.74) is 9.50. The van der Waals surface area contributed by atoms with Crippen LogP contribution in [0.2, 0.25) is 0 Å². The average Bonchev–Trinajstić information content (AvgIpc) is 2.33. The van der Waals surface area contributed by atoms with E-state index in [-0.39, 0.29) is 5.91 Å². The minimum Gasteiger partial charge on any atom is -0.370 e. The molecule has 0 aliphatic rings. The van der Waals surface area contributed by atoms with Crippen LogP contribution in [0, 0.1) is 0 Å². The fourth-order valence-electron chi connectivity index (χ4n) is 1.49. The number of aliphatic imine (C=N–C) groups is 1. The van der Waals surface area contributed by atoms with E-state index in [0.29, 0.717) is 6.42 Å². The van der Waals surface area contributed by atoms with Crippen LogP contribution in [0.25, 0.3) is 0 Å². The number of carbonyl (C=O) groups excluding carboxylic acids is 1. The van der Waals surface area contributed by atoms with Crippen LogP contribution in [0.1, 0.15) is 24.8 Å². The van der Waals surface area contributed by atoms with Gasteiger partial charge in [0.15, 0.2) is 0 Å². The summed E-state index contributed by atoms with van der Waals surface area (Å²) in [6, 6.07) is 7.90. The van der Waals surface area contributed by atoms with Gasteiger partial charge in [-0.15, -0.1) is 0 Å². The fraction of sp³-hybridized carbons (Fsp3) is 0.333. The van der Waals surface area contributed by atoms with Crippen molar-refractivity contribution in [2.45, 2.75) is 25.7 Å². The van der Waals surface area contributed by atoms with Crippen molar-refractivity contribution >= 4 is 17.9 Å². The maximum absolute atomic E-state index is 10.5. The number of unbranched alkanes of at least 4 members (excludes halogenated alkanes) is 1. The summed E-state index contributed by atoms with van der Waals surface area (Å²) in [5, 5.41) is 0. The number of benzene rings is 1. The third kappa shape index (κ3) is 5.67. The monoisotopic (exact) mass is 234 g/mol. The summed E-state index contributed by atoms with van der Waals surface area (Å²) in [6.45, 7) is 0. The van der Waals surface area contributed by atoms with E-state index >= 15 is 0 Å². The number of amides is 1. The molecule has 0 aliphatic heterocycles. The van der Waals surface area contributed by atoms with Crippen molar-refractivity contribution in [3.8, 4) is 0 Å². The lowest BCUT2D eigenvalue weighted by atomic mass is 10.1. The van der Waals surface area contributed by atoms with E-state index in [1.54, 1.807) is 0 Å². The number of primary amides is 1. The van der Waals surface area contributed by atoms with Gasteiger partial charge < -0.3 is 11.2 Å². The Hall–Kier alpha value is -1.88. The molecule has 5 nitrogen and oxygen atoms in total. The second kappa shape index (κ2) is 7.40.